The normalized spacial score (nSPS) is 33.5. The predicted octanol–water partition coefficient (Wildman–Crippen LogP) is 3.05. The number of imide groups is 1. The van der Waals surface area contributed by atoms with Gasteiger partial charge in [0.15, 0.2) is 0 Å². The van der Waals surface area contributed by atoms with Crippen molar-refractivity contribution in [1.82, 2.24) is 0 Å². The Morgan fingerprint density at radius 1 is 1.09 bits per heavy atom. The van der Waals surface area contributed by atoms with Crippen molar-refractivity contribution in [2.45, 2.75) is 19.3 Å². The highest BCUT2D eigenvalue weighted by Gasteiger charge is 2.60. The monoisotopic (exact) mass is 429 g/mol. The third-order valence-electron chi connectivity index (χ3n) is 5.23. The van der Waals surface area contributed by atoms with Gasteiger partial charge in [0.05, 0.1) is 22.5 Å². The van der Waals surface area contributed by atoms with Crippen molar-refractivity contribution in [3.8, 4) is 0 Å². The van der Waals surface area contributed by atoms with E-state index in [1.165, 1.54) is 4.90 Å². The molecule has 4 atom stereocenters. The molecular formula is C16H13ClINO3. The second-order valence-corrected chi connectivity index (χ2v) is 7.85. The largest absolute Gasteiger partial charge is 0.299 e. The van der Waals surface area contributed by atoms with Gasteiger partial charge in [0.2, 0.25) is 11.8 Å². The van der Waals surface area contributed by atoms with Gasteiger partial charge >= 0.3 is 0 Å². The molecule has 0 spiro atoms. The number of amides is 2. The number of hydrogen-bond acceptors (Lipinski definition) is 3. The number of ketones is 1. The van der Waals surface area contributed by atoms with Crippen molar-refractivity contribution in [3.05, 3.63) is 26.8 Å². The van der Waals surface area contributed by atoms with Crippen molar-refractivity contribution in [2.24, 2.45) is 23.7 Å². The summed E-state index contributed by atoms with van der Waals surface area (Å²) in [6, 6.07) is 5.19. The number of carbonyl (C=O) groups is 3. The molecule has 1 aromatic carbocycles. The maximum absolute atomic E-state index is 12.8. The number of hydrogen-bond donors (Lipinski definition) is 0. The quantitative estimate of drug-likeness (QED) is 0.509. The fourth-order valence-corrected chi connectivity index (χ4v) is 4.77. The molecule has 2 bridgehead atoms. The Labute approximate surface area is 146 Å². The molecule has 4 nitrogen and oxygen atoms in total. The third-order valence-corrected chi connectivity index (χ3v) is 6.80. The van der Waals surface area contributed by atoms with Crippen molar-refractivity contribution in [3.63, 3.8) is 0 Å². The van der Waals surface area contributed by atoms with Gasteiger partial charge in [-0.1, -0.05) is 11.6 Å². The number of nitrogens with zero attached hydrogens (tertiary/aromatic N) is 1. The molecule has 3 saturated carbocycles. The molecule has 6 heteroatoms. The molecule has 5 rings (SSSR count). The van der Waals surface area contributed by atoms with Gasteiger partial charge in [0, 0.05) is 15.9 Å². The molecule has 1 heterocycles. The average molecular weight is 430 g/mol. The first-order chi connectivity index (χ1) is 10.5. The molecule has 114 valence electrons. The molecule has 1 saturated heterocycles. The van der Waals surface area contributed by atoms with E-state index in [2.05, 4.69) is 22.6 Å². The molecule has 2 amide bonds. The summed E-state index contributed by atoms with van der Waals surface area (Å²) in [4.78, 5) is 38.9. The van der Waals surface area contributed by atoms with E-state index in [1.807, 2.05) is 0 Å². The van der Waals surface area contributed by atoms with Gasteiger partial charge in [-0.2, -0.15) is 0 Å². The van der Waals surface area contributed by atoms with Gasteiger partial charge in [0.1, 0.15) is 5.78 Å². The standard InChI is InChI=1S/C16H13ClINO3/c17-10-6-8(2-4-11(10)18)19-15(21)13-7-1-3-9(12(20)5-7)14(13)16(19)22/h2,4,6-7,9,13-14H,1,3,5H2. The van der Waals surface area contributed by atoms with Crippen molar-refractivity contribution in [1.29, 1.82) is 0 Å². The molecule has 0 aromatic heterocycles. The van der Waals surface area contributed by atoms with E-state index in [-0.39, 0.29) is 35.4 Å². The number of halogens is 2. The fraction of sp³-hybridized carbons (Fsp3) is 0.438. The lowest BCUT2D eigenvalue weighted by Gasteiger charge is -2.41. The van der Waals surface area contributed by atoms with Gasteiger partial charge in [-0.15, -0.1) is 0 Å². The number of Topliss-reactive ketones (excluding diaryl/α,β-unsaturated/α-hetero) is 1. The zero-order chi connectivity index (χ0) is 15.6. The van der Waals surface area contributed by atoms with Crippen LogP contribution in [0.4, 0.5) is 5.69 Å². The van der Waals surface area contributed by atoms with Crippen molar-refractivity contribution >= 4 is 57.5 Å². The van der Waals surface area contributed by atoms with Crippen LogP contribution in [-0.4, -0.2) is 17.6 Å². The van der Waals surface area contributed by atoms with Crippen LogP contribution in [0.2, 0.25) is 5.02 Å². The van der Waals surface area contributed by atoms with Gasteiger partial charge < -0.3 is 0 Å². The Hall–Kier alpha value is -0.950. The van der Waals surface area contributed by atoms with Crippen LogP contribution in [0.15, 0.2) is 18.2 Å². The van der Waals surface area contributed by atoms with Crippen LogP contribution in [0.5, 0.6) is 0 Å². The number of rotatable bonds is 1. The SMILES string of the molecule is O=C1CC2CCC1C1C(=O)N(c3ccc(I)c(Cl)c3)C(=O)C21. The molecule has 0 N–H and O–H groups in total. The van der Waals surface area contributed by atoms with Crippen LogP contribution in [0.3, 0.4) is 0 Å². The first-order valence-electron chi connectivity index (χ1n) is 7.34. The van der Waals surface area contributed by atoms with E-state index in [0.717, 1.165) is 16.4 Å². The first kappa shape index (κ1) is 14.6. The minimum absolute atomic E-state index is 0.0308. The van der Waals surface area contributed by atoms with Crippen molar-refractivity contribution in [2.75, 3.05) is 4.90 Å². The van der Waals surface area contributed by atoms with Crippen molar-refractivity contribution < 1.29 is 14.4 Å². The average Bonchev–Trinajstić information content (AvgIpc) is 2.76. The Morgan fingerprint density at radius 3 is 2.50 bits per heavy atom. The smallest absolute Gasteiger partial charge is 0.238 e. The van der Waals surface area contributed by atoms with Crippen LogP contribution >= 0.6 is 34.2 Å². The maximum atomic E-state index is 12.8. The van der Waals surface area contributed by atoms with Gasteiger partial charge in [-0.05, 0) is 59.5 Å². The lowest BCUT2D eigenvalue weighted by Crippen LogP contribution is -2.46. The zero-order valence-corrected chi connectivity index (χ0v) is 14.5. The summed E-state index contributed by atoms with van der Waals surface area (Å²) in [6.07, 6.45) is 2.06. The van der Waals surface area contributed by atoms with Crippen LogP contribution < -0.4 is 4.90 Å². The topological polar surface area (TPSA) is 54.5 Å². The molecule has 22 heavy (non-hydrogen) atoms. The molecule has 4 fully saturated rings. The van der Waals surface area contributed by atoms with E-state index in [4.69, 9.17) is 11.6 Å². The molecule has 3 aliphatic carbocycles. The molecule has 1 aliphatic heterocycles. The molecule has 0 radical (unpaired) electrons. The van der Waals surface area contributed by atoms with Crippen LogP contribution in [-0.2, 0) is 14.4 Å². The van der Waals surface area contributed by atoms with Gasteiger partial charge in [-0.25, -0.2) is 4.90 Å². The minimum atomic E-state index is -0.453. The summed E-state index contributed by atoms with van der Waals surface area (Å²) in [6.45, 7) is 0. The summed E-state index contributed by atoms with van der Waals surface area (Å²) >= 11 is 8.22. The summed E-state index contributed by atoms with van der Waals surface area (Å²) in [5.41, 5.74) is 0.515. The molecular weight excluding hydrogens is 417 g/mol. The Kier molecular flexibility index (Phi) is 3.34. The summed E-state index contributed by atoms with van der Waals surface area (Å²) in [5.74, 6) is -1.24. The van der Waals surface area contributed by atoms with Gasteiger partial charge in [-0.3, -0.25) is 14.4 Å². The summed E-state index contributed by atoms with van der Waals surface area (Å²) in [7, 11) is 0. The molecule has 4 aliphatic rings. The summed E-state index contributed by atoms with van der Waals surface area (Å²) < 4.78 is 0.870. The lowest BCUT2D eigenvalue weighted by atomic mass is 9.59. The van der Waals surface area contributed by atoms with Crippen LogP contribution in [0, 0.1) is 27.2 Å². The predicted molar refractivity (Wildman–Crippen MR) is 89.5 cm³/mol. The van der Waals surface area contributed by atoms with Gasteiger partial charge in [0.25, 0.3) is 0 Å². The van der Waals surface area contributed by atoms with Crippen LogP contribution in [0.25, 0.3) is 0 Å². The van der Waals surface area contributed by atoms with E-state index >= 15 is 0 Å². The fourth-order valence-electron chi connectivity index (χ4n) is 4.26. The van der Waals surface area contributed by atoms with E-state index in [0.29, 0.717) is 17.1 Å². The first-order valence-corrected chi connectivity index (χ1v) is 8.80. The number of benzene rings is 1. The maximum Gasteiger partial charge on any atom is 0.238 e. The van der Waals surface area contributed by atoms with E-state index in [9.17, 15) is 14.4 Å². The number of fused-ring (bicyclic) bond motifs is 2. The van der Waals surface area contributed by atoms with E-state index in [1.54, 1.807) is 18.2 Å². The van der Waals surface area contributed by atoms with Crippen LogP contribution in [0.1, 0.15) is 19.3 Å². The Balaban J connectivity index is 1.77. The molecule has 4 unspecified atom stereocenters. The highest BCUT2D eigenvalue weighted by Crippen LogP contribution is 2.52. The third kappa shape index (κ3) is 1.91. The number of anilines is 1. The highest BCUT2D eigenvalue weighted by atomic mass is 127. The Morgan fingerprint density at radius 2 is 1.82 bits per heavy atom. The zero-order valence-electron chi connectivity index (χ0n) is 11.6. The second-order valence-electron chi connectivity index (χ2n) is 6.28. The highest BCUT2D eigenvalue weighted by molar-refractivity contribution is 14.1. The Bertz CT molecular complexity index is 719. The summed E-state index contributed by atoms with van der Waals surface area (Å²) in [5, 5.41) is 0.521. The lowest BCUT2D eigenvalue weighted by molar-refractivity contribution is -0.143. The second kappa shape index (κ2) is 5.03. The molecule has 1 aromatic rings. The minimum Gasteiger partial charge on any atom is -0.299 e. The van der Waals surface area contributed by atoms with E-state index < -0.39 is 5.92 Å². The number of carbonyl (C=O) groups excluding carboxylic acids is 3.